The van der Waals surface area contributed by atoms with Crippen molar-refractivity contribution in [1.82, 2.24) is 10.2 Å². The zero-order valence-corrected chi connectivity index (χ0v) is 12.5. The Morgan fingerprint density at radius 1 is 1.42 bits per heavy atom. The Labute approximate surface area is 123 Å². The molecule has 104 valence electrons. The second-order valence-corrected chi connectivity index (χ2v) is 5.78. The first-order valence-electron chi connectivity index (χ1n) is 6.50. The number of rotatable bonds is 3. The van der Waals surface area contributed by atoms with Gasteiger partial charge < -0.3 is 10.2 Å². The highest BCUT2D eigenvalue weighted by Crippen LogP contribution is 2.22. The highest BCUT2D eigenvalue weighted by atomic mass is 35.5. The molecule has 0 aromatic heterocycles. The zero-order chi connectivity index (χ0) is 13.8. The Balaban J connectivity index is 1.99. The van der Waals surface area contributed by atoms with Gasteiger partial charge in [-0.15, -0.1) is 0 Å². The van der Waals surface area contributed by atoms with Crippen LogP contribution in [0.3, 0.4) is 0 Å². The number of halogens is 2. The number of carbonyl (C=O) groups is 1. The molecule has 5 heteroatoms. The van der Waals surface area contributed by atoms with Crippen LogP contribution in [0.15, 0.2) is 18.2 Å². The van der Waals surface area contributed by atoms with Crippen molar-refractivity contribution in [3.63, 3.8) is 0 Å². The first-order chi connectivity index (χ1) is 9.08. The summed E-state index contributed by atoms with van der Waals surface area (Å²) in [7, 11) is 1.81. The Kier molecular flexibility index (Phi) is 5.08. The van der Waals surface area contributed by atoms with E-state index in [1.54, 1.807) is 17.0 Å². The van der Waals surface area contributed by atoms with Crippen LogP contribution in [0.4, 0.5) is 0 Å². The molecule has 1 N–H and O–H groups in total. The zero-order valence-electron chi connectivity index (χ0n) is 11.0. The molecule has 0 bridgehead atoms. The molecular formula is C14H18Cl2N2O. The van der Waals surface area contributed by atoms with E-state index in [4.69, 9.17) is 23.2 Å². The Hall–Kier alpha value is -0.770. The lowest BCUT2D eigenvalue weighted by atomic mass is 10.0. The maximum Gasteiger partial charge on any atom is 0.239 e. The molecule has 2 rings (SSSR count). The minimum Gasteiger partial charge on any atom is -0.340 e. The van der Waals surface area contributed by atoms with Crippen molar-refractivity contribution in [2.75, 3.05) is 13.6 Å². The van der Waals surface area contributed by atoms with E-state index >= 15 is 0 Å². The number of likely N-dealkylation sites (N-methyl/N-ethyl adjacent to an activating group) is 1. The lowest BCUT2D eigenvalue weighted by molar-refractivity contribution is -0.133. The van der Waals surface area contributed by atoms with E-state index < -0.39 is 0 Å². The van der Waals surface area contributed by atoms with Crippen LogP contribution in [0, 0.1) is 0 Å². The van der Waals surface area contributed by atoms with Crippen LogP contribution in [0.25, 0.3) is 0 Å². The number of carbonyl (C=O) groups excluding carboxylic acids is 1. The normalized spacial score (nSPS) is 19.2. The number of benzene rings is 1. The fourth-order valence-corrected chi connectivity index (χ4v) is 2.78. The van der Waals surface area contributed by atoms with Crippen molar-refractivity contribution in [3.8, 4) is 0 Å². The Bertz CT molecular complexity index is 459. The van der Waals surface area contributed by atoms with E-state index in [1.165, 1.54) is 0 Å². The van der Waals surface area contributed by atoms with Crippen LogP contribution in [-0.4, -0.2) is 30.4 Å². The second-order valence-electron chi connectivity index (χ2n) is 4.93. The van der Waals surface area contributed by atoms with E-state index in [-0.39, 0.29) is 11.9 Å². The summed E-state index contributed by atoms with van der Waals surface area (Å²) in [5.74, 6) is 0.130. The van der Waals surface area contributed by atoms with Crippen molar-refractivity contribution < 1.29 is 4.79 Å². The van der Waals surface area contributed by atoms with Crippen molar-refractivity contribution in [2.45, 2.75) is 31.8 Å². The van der Waals surface area contributed by atoms with Crippen molar-refractivity contribution in [1.29, 1.82) is 0 Å². The number of nitrogens with one attached hydrogen (secondary N) is 1. The van der Waals surface area contributed by atoms with Gasteiger partial charge in [-0.3, -0.25) is 4.79 Å². The largest absolute Gasteiger partial charge is 0.340 e. The molecule has 1 heterocycles. The van der Waals surface area contributed by atoms with Crippen LogP contribution < -0.4 is 5.32 Å². The molecular weight excluding hydrogens is 283 g/mol. The van der Waals surface area contributed by atoms with Crippen LogP contribution in [-0.2, 0) is 11.3 Å². The van der Waals surface area contributed by atoms with Gasteiger partial charge in [0.15, 0.2) is 0 Å². The third-order valence-corrected chi connectivity index (χ3v) is 3.99. The first-order valence-corrected chi connectivity index (χ1v) is 7.26. The summed E-state index contributed by atoms with van der Waals surface area (Å²) in [5, 5.41) is 4.47. The number of hydrogen-bond donors (Lipinski definition) is 1. The van der Waals surface area contributed by atoms with Gasteiger partial charge in [-0.25, -0.2) is 0 Å². The number of hydrogen-bond acceptors (Lipinski definition) is 2. The lowest BCUT2D eigenvalue weighted by Gasteiger charge is -2.27. The quantitative estimate of drug-likeness (QED) is 0.930. The molecule has 0 aliphatic carbocycles. The van der Waals surface area contributed by atoms with E-state index in [9.17, 15) is 4.79 Å². The summed E-state index contributed by atoms with van der Waals surface area (Å²) in [5.41, 5.74) is 0.915. The molecule has 19 heavy (non-hydrogen) atoms. The summed E-state index contributed by atoms with van der Waals surface area (Å²) in [4.78, 5) is 14.0. The number of amides is 1. The maximum atomic E-state index is 12.3. The summed E-state index contributed by atoms with van der Waals surface area (Å²) in [6, 6.07) is 5.31. The van der Waals surface area contributed by atoms with E-state index in [2.05, 4.69) is 5.32 Å². The van der Waals surface area contributed by atoms with Crippen molar-refractivity contribution in [2.24, 2.45) is 0 Å². The smallest absolute Gasteiger partial charge is 0.239 e. The summed E-state index contributed by atoms with van der Waals surface area (Å²) < 4.78 is 0. The van der Waals surface area contributed by atoms with Gasteiger partial charge in [-0.1, -0.05) is 35.7 Å². The standard InChI is InChI=1S/C14H18Cl2N2O/c1-18(14(19)13-4-2-3-7-17-13)9-10-5-6-11(15)8-12(10)16/h5-6,8,13,17H,2-4,7,9H2,1H3. The van der Waals surface area contributed by atoms with Gasteiger partial charge in [0.05, 0.1) is 6.04 Å². The van der Waals surface area contributed by atoms with Gasteiger partial charge in [-0.2, -0.15) is 0 Å². The van der Waals surface area contributed by atoms with E-state index in [0.29, 0.717) is 16.6 Å². The predicted molar refractivity (Wildman–Crippen MR) is 78.6 cm³/mol. The first kappa shape index (κ1) is 14.6. The van der Waals surface area contributed by atoms with Gasteiger partial charge >= 0.3 is 0 Å². The SMILES string of the molecule is CN(Cc1ccc(Cl)cc1Cl)C(=O)C1CCCCN1. The summed E-state index contributed by atoms with van der Waals surface area (Å²) in [6.45, 7) is 1.43. The van der Waals surface area contributed by atoms with Gasteiger partial charge in [-0.05, 0) is 37.1 Å². The summed E-state index contributed by atoms with van der Waals surface area (Å²) in [6.07, 6.45) is 3.17. The van der Waals surface area contributed by atoms with Gasteiger partial charge in [0, 0.05) is 23.6 Å². The van der Waals surface area contributed by atoms with Crippen LogP contribution in [0.1, 0.15) is 24.8 Å². The molecule has 1 aliphatic rings. The van der Waals surface area contributed by atoms with Crippen molar-refractivity contribution >= 4 is 29.1 Å². The molecule has 1 saturated heterocycles. The van der Waals surface area contributed by atoms with E-state index in [1.807, 2.05) is 13.1 Å². The van der Waals surface area contributed by atoms with E-state index in [0.717, 1.165) is 31.4 Å². The Morgan fingerprint density at radius 2 is 2.21 bits per heavy atom. The molecule has 0 saturated carbocycles. The molecule has 1 amide bonds. The maximum absolute atomic E-state index is 12.3. The van der Waals surface area contributed by atoms with Crippen molar-refractivity contribution in [3.05, 3.63) is 33.8 Å². The fraction of sp³-hybridized carbons (Fsp3) is 0.500. The molecule has 1 aromatic rings. The third kappa shape index (κ3) is 3.85. The Morgan fingerprint density at radius 3 is 2.84 bits per heavy atom. The molecule has 1 aromatic carbocycles. The molecule has 1 atom stereocenters. The van der Waals surface area contributed by atoms with Crippen LogP contribution in [0.2, 0.25) is 10.0 Å². The van der Waals surface area contributed by atoms with Gasteiger partial charge in [0.25, 0.3) is 0 Å². The topological polar surface area (TPSA) is 32.3 Å². The molecule has 0 radical (unpaired) electrons. The third-order valence-electron chi connectivity index (χ3n) is 3.41. The van der Waals surface area contributed by atoms with Gasteiger partial charge in [0.2, 0.25) is 5.91 Å². The molecule has 0 spiro atoms. The monoisotopic (exact) mass is 300 g/mol. The second kappa shape index (κ2) is 6.60. The predicted octanol–water partition coefficient (Wildman–Crippen LogP) is 3.09. The average molecular weight is 301 g/mol. The molecule has 1 aliphatic heterocycles. The fourth-order valence-electron chi connectivity index (χ4n) is 2.31. The minimum absolute atomic E-state index is 0.0511. The number of piperidine rings is 1. The molecule has 3 nitrogen and oxygen atoms in total. The molecule has 1 unspecified atom stereocenters. The summed E-state index contributed by atoms with van der Waals surface area (Å²) >= 11 is 12.0. The average Bonchev–Trinajstić information content (AvgIpc) is 2.42. The highest BCUT2D eigenvalue weighted by Gasteiger charge is 2.23. The van der Waals surface area contributed by atoms with Crippen LogP contribution in [0.5, 0.6) is 0 Å². The van der Waals surface area contributed by atoms with Crippen LogP contribution >= 0.6 is 23.2 Å². The van der Waals surface area contributed by atoms with Gasteiger partial charge in [0.1, 0.15) is 0 Å². The number of nitrogens with zero attached hydrogens (tertiary/aromatic N) is 1. The highest BCUT2D eigenvalue weighted by molar-refractivity contribution is 6.35. The molecule has 1 fully saturated rings. The lowest BCUT2D eigenvalue weighted by Crippen LogP contribution is -2.47. The minimum atomic E-state index is -0.0511.